The van der Waals surface area contributed by atoms with Crippen molar-refractivity contribution in [3.05, 3.63) is 71.0 Å². The third-order valence-electron chi connectivity index (χ3n) is 6.27. The van der Waals surface area contributed by atoms with Crippen LogP contribution in [0.4, 0.5) is 0 Å². The SMILES string of the molecule is CCCCCCCCOc1ccc(C(=O)Oc2ccc(-c3ncc(CCCCCC)cn3)cc2)cc1Cl. The second-order valence-corrected chi connectivity index (χ2v) is 9.81. The molecule has 0 N–H and O–H groups in total. The number of halogens is 1. The molecule has 0 fully saturated rings. The maximum Gasteiger partial charge on any atom is 0.343 e. The number of nitrogens with zero attached hydrogens (tertiary/aromatic N) is 2. The first kappa shape index (κ1) is 28.6. The van der Waals surface area contributed by atoms with Gasteiger partial charge in [-0.3, -0.25) is 0 Å². The summed E-state index contributed by atoms with van der Waals surface area (Å²) in [5.41, 5.74) is 2.40. The molecule has 0 saturated heterocycles. The lowest BCUT2D eigenvalue weighted by Gasteiger charge is -2.10. The predicted octanol–water partition coefficient (Wildman–Crippen LogP) is 8.88. The molecule has 198 valence electrons. The van der Waals surface area contributed by atoms with Crippen molar-refractivity contribution < 1.29 is 14.3 Å². The Hall–Kier alpha value is -2.92. The van der Waals surface area contributed by atoms with Crippen molar-refractivity contribution in [1.29, 1.82) is 0 Å². The number of aryl methyl sites for hydroxylation is 1. The normalized spacial score (nSPS) is 10.9. The zero-order valence-corrected chi connectivity index (χ0v) is 22.9. The van der Waals surface area contributed by atoms with Crippen LogP contribution in [0.15, 0.2) is 54.9 Å². The van der Waals surface area contributed by atoms with Crippen LogP contribution in [-0.4, -0.2) is 22.5 Å². The fraction of sp³-hybridized carbons (Fsp3) is 0.452. The van der Waals surface area contributed by atoms with Crippen molar-refractivity contribution in [1.82, 2.24) is 9.97 Å². The van der Waals surface area contributed by atoms with Gasteiger partial charge < -0.3 is 9.47 Å². The number of hydrogen-bond donors (Lipinski definition) is 0. The first-order valence-corrected chi connectivity index (χ1v) is 14.0. The van der Waals surface area contributed by atoms with Gasteiger partial charge in [0.15, 0.2) is 5.82 Å². The third-order valence-corrected chi connectivity index (χ3v) is 6.57. The first-order valence-electron chi connectivity index (χ1n) is 13.7. The summed E-state index contributed by atoms with van der Waals surface area (Å²) in [4.78, 5) is 21.6. The molecular weight excluding hydrogens is 484 g/mol. The summed E-state index contributed by atoms with van der Waals surface area (Å²) in [5.74, 6) is 1.21. The molecule has 2 aromatic carbocycles. The number of hydrogen-bond acceptors (Lipinski definition) is 5. The quantitative estimate of drug-likeness (QED) is 0.107. The van der Waals surface area contributed by atoms with E-state index in [2.05, 4.69) is 23.8 Å². The lowest BCUT2D eigenvalue weighted by atomic mass is 10.1. The van der Waals surface area contributed by atoms with E-state index in [0.717, 1.165) is 36.8 Å². The van der Waals surface area contributed by atoms with Gasteiger partial charge in [0.2, 0.25) is 0 Å². The molecule has 0 aliphatic carbocycles. The van der Waals surface area contributed by atoms with E-state index >= 15 is 0 Å². The molecule has 0 aliphatic rings. The zero-order chi connectivity index (χ0) is 26.3. The van der Waals surface area contributed by atoms with Gasteiger partial charge in [-0.2, -0.15) is 0 Å². The fourth-order valence-corrected chi connectivity index (χ4v) is 4.27. The van der Waals surface area contributed by atoms with E-state index in [1.807, 2.05) is 24.5 Å². The van der Waals surface area contributed by atoms with Crippen LogP contribution in [0.1, 0.15) is 94.0 Å². The molecule has 0 aliphatic heterocycles. The van der Waals surface area contributed by atoms with Crippen LogP contribution in [0.5, 0.6) is 11.5 Å². The summed E-state index contributed by atoms with van der Waals surface area (Å²) >= 11 is 6.35. The van der Waals surface area contributed by atoms with Gasteiger partial charge in [0, 0.05) is 18.0 Å². The van der Waals surface area contributed by atoms with Gasteiger partial charge in [0.1, 0.15) is 11.5 Å². The monoisotopic (exact) mass is 522 g/mol. The van der Waals surface area contributed by atoms with Crippen molar-refractivity contribution >= 4 is 17.6 Å². The van der Waals surface area contributed by atoms with Gasteiger partial charge >= 0.3 is 5.97 Å². The summed E-state index contributed by atoms with van der Waals surface area (Å²) in [6.45, 7) is 5.05. The summed E-state index contributed by atoms with van der Waals surface area (Å²) < 4.78 is 11.3. The Balaban J connectivity index is 1.48. The van der Waals surface area contributed by atoms with Crippen molar-refractivity contribution in [3.63, 3.8) is 0 Å². The topological polar surface area (TPSA) is 61.3 Å². The Kier molecular flexibility index (Phi) is 12.4. The van der Waals surface area contributed by atoms with E-state index in [4.69, 9.17) is 21.1 Å². The highest BCUT2D eigenvalue weighted by Crippen LogP contribution is 2.27. The summed E-state index contributed by atoms with van der Waals surface area (Å²) in [6, 6.07) is 12.2. The zero-order valence-electron chi connectivity index (χ0n) is 22.2. The van der Waals surface area contributed by atoms with Crippen LogP contribution in [0, 0.1) is 0 Å². The largest absolute Gasteiger partial charge is 0.492 e. The lowest BCUT2D eigenvalue weighted by molar-refractivity contribution is 0.0734. The molecule has 0 unspecified atom stereocenters. The standard InChI is InChI=1S/C31H39ClN2O3/c1-3-5-7-9-10-12-20-36-29-19-16-26(21-28(29)32)31(35)37-27-17-14-25(15-18-27)30-33-22-24(23-34-30)13-11-8-6-4-2/h14-19,21-23H,3-13,20H2,1-2H3. The average molecular weight is 523 g/mol. The van der Waals surface area contributed by atoms with Gasteiger partial charge in [0.05, 0.1) is 17.2 Å². The van der Waals surface area contributed by atoms with E-state index < -0.39 is 5.97 Å². The Bertz CT molecular complexity index is 1080. The van der Waals surface area contributed by atoms with E-state index in [-0.39, 0.29) is 0 Å². The molecule has 3 rings (SSSR count). The molecule has 0 saturated carbocycles. The fourth-order valence-electron chi connectivity index (χ4n) is 4.04. The minimum atomic E-state index is -0.471. The molecule has 6 heteroatoms. The van der Waals surface area contributed by atoms with Crippen molar-refractivity contribution in [2.75, 3.05) is 6.61 Å². The van der Waals surface area contributed by atoms with E-state index in [1.165, 1.54) is 44.9 Å². The number of unbranched alkanes of at least 4 members (excludes halogenated alkanes) is 8. The predicted molar refractivity (Wildman–Crippen MR) is 151 cm³/mol. The number of aromatic nitrogens is 2. The second-order valence-electron chi connectivity index (χ2n) is 9.40. The number of benzene rings is 2. The minimum absolute atomic E-state index is 0.374. The molecule has 1 aromatic heterocycles. The number of carbonyl (C=O) groups is 1. The minimum Gasteiger partial charge on any atom is -0.492 e. The van der Waals surface area contributed by atoms with Gasteiger partial charge in [-0.25, -0.2) is 14.8 Å². The van der Waals surface area contributed by atoms with Gasteiger partial charge in [-0.05, 0) is 67.3 Å². The molecule has 3 aromatic rings. The summed E-state index contributed by atoms with van der Waals surface area (Å²) in [6.07, 6.45) is 16.9. The molecule has 0 bridgehead atoms. The molecule has 1 heterocycles. The number of rotatable bonds is 16. The molecule has 0 amide bonds. The van der Waals surface area contributed by atoms with Crippen LogP contribution in [0.25, 0.3) is 11.4 Å². The van der Waals surface area contributed by atoms with Crippen LogP contribution < -0.4 is 9.47 Å². The molecule has 0 atom stereocenters. The van der Waals surface area contributed by atoms with E-state index in [0.29, 0.717) is 34.5 Å². The van der Waals surface area contributed by atoms with Crippen molar-refractivity contribution in [2.45, 2.75) is 84.5 Å². The Morgan fingerprint density at radius 3 is 2.14 bits per heavy atom. The van der Waals surface area contributed by atoms with Gasteiger partial charge in [-0.15, -0.1) is 0 Å². The highest BCUT2D eigenvalue weighted by atomic mass is 35.5. The lowest BCUT2D eigenvalue weighted by Crippen LogP contribution is -2.08. The number of carbonyl (C=O) groups excluding carboxylic acids is 1. The average Bonchev–Trinajstić information content (AvgIpc) is 2.92. The van der Waals surface area contributed by atoms with E-state index in [1.54, 1.807) is 30.3 Å². The van der Waals surface area contributed by atoms with Crippen LogP contribution in [-0.2, 0) is 6.42 Å². The van der Waals surface area contributed by atoms with Crippen LogP contribution in [0.2, 0.25) is 5.02 Å². The van der Waals surface area contributed by atoms with Crippen molar-refractivity contribution in [3.8, 4) is 22.9 Å². The summed E-state index contributed by atoms with van der Waals surface area (Å²) in [5, 5.41) is 0.404. The van der Waals surface area contributed by atoms with Crippen molar-refractivity contribution in [2.24, 2.45) is 0 Å². The maximum atomic E-state index is 12.6. The van der Waals surface area contributed by atoms with Gasteiger partial charge in [-0.1, -0.05) is 76.8 Å². The second kappa shape index (κ2) is 16.0. The molecule has 37 heavy (non-hydrogen) atoms. The maximum absolute atomic E-state index is 12.6. The molecule has 5 nitrogen and oxygen atoms in total. The Labute approximate surface area is 226 Å². The summed E-state index contributed by atoms with van der Waals surface area (Å²) in [7, 11) is 0. The Morgan fingerprint density at radius 1 is 0.811 bits per heavy atom. The molecule has 0 radical (unpaired) electrons. The third kappa shape index (κ3) is 9.81. The number of ether oxygens (including phenoxy) is 2. The van der Waals surface area contributed by atoms with E-state index in [9.17, 15) is 4.79 Å². The number of esters is 1. The first-order chi connectivity index (χ1) is 18.1. The Morgan fingerprint density at radius 2 is 1.46 bits per heavy atom. The smallest absolute Gasteiger partial charge is 0.343 e. The van der Waals surface area contributed by atoms with Crippen LogP contribution >= 0.6 is 11.6 Å². The highest BCUT2D eigenvalue weighted by molar-refractivity contribution is 6.32. The molecule has 0 spiro atoms. The van der Waals surface area contributed by atoms with Crippen LogP contribution in [0.3, 0.4) is 0 Å². The van der Waals surface area contributed by atoms with Gasteiger partial charge in [0.25, 0.3) is 0 Å². The molecular formula is C31H39ClN2O3. The highest BCUT2D eigenvalue weighted by Gasteiger charge is 2.12.